The first-order valence-corrected chi connectivity index (χ1v) is 11.9. The molecule has 2 atom stereocenters. The predicted octanol–water partition coefficient (Wildman–Crippen LogP) is 4.52. The molecule has 12 heteroatoms. The van der Waals surface area contributed by atoms with E-state index in [1.165, 1.54) is 4.57 Å². The SMILES string of the molecule is CS(=O)(=O)c1cc2c(cc1C(F)(F)F)c1cc(C(F)(F)F)ccc1n2[C@H]1CCCNC[C@@H]1O. The second-order valence-corrected chi connectivity index (χ2v) is 10.2. The average molecular weight is 494 g/mol. The normalized spacial score (nSPS) is 21.0. The second kappa shape index (κ2) is 7.88. The lowest BCUT2D eigenvalue weighted by atomic mass is 10.1. The minimum Gasteiger partial charge on any atom is -0.390 e. The quantitative estimate of drug-likeness (QED) is 0.514. The molecule has 1 aliphatic heterocycles. The monoisotopic (exact) mass is 494 g/mol. The van der Waals surface area contributed by atoms with Crippen molar-refractivity contribution in [3.63, 3.8) is 0 Å². The first-order chi connectivity index (χ1) is 15.2. The van der Waals surface area contributed by atoms with Gasteiger partial charge in [0.2, 0.25) is 0 Å². The molecule has 1 fully saturated rings. The van der Waals surface area contributed by atoms with E-state index in [-0.39, 0.29) is 28.4 Å². The molecule has 4 rings (SSSR count). The highest BCUT2D eigenvalue weighted by atomic mass is 32.2. The Morgan fingerprint density at radius 2 is 1.67 bits per heavy atom. The van der Waals surface area contributed by atoms with Gasteiger partial charge in [-0.25, -0.2) is 8.42 Å². The van der Waals surface area contributed by atoms with E-state index in [0.29, 0.717) is 31.7 Å². The van der Waals surface area contributed by atoms with E-state index in [2.05, 4.69) is 5.32 Å². The van der Waals surface area contributed by atoms with Crippen LogP contribution < -0.4 is 5.32 Å². The summed E-state index contributed by atoms with van der Waals surface area (Å²) < 4.78 is 107. The van der Waals surface area contributed by atoms with Crippen molar-refractivity contribution >= 4 is 31.6 Å². The van der Waals surface area contributed by atoms with Crippen LogP contribution in [0.15, 0.2) is 35.2 Å². The van der Waals surface area contributed by atoms with Crippen LogP contribution in [0.5, 0.6) is 0 Å². The van der Waals surface area contributed by atoms with Crippen LogP contribution in [-0.2, 0) is 22.2 Å². The maximum absolute atomic E-state index is 13.8. The lowest BCUT2D eigenvalue weighted by molar-refractivity contribution is -0.140. The number of aromatic nitrogens is 1. The molecule has 5 nitrogen and oxygen atoms in total. The molecule has 180 valence electrons. The van der Waals surface area contributed by atoms with E-state index in [1.807, 2.05) is 0 Å². The third-order valence-electron chi connectivity index (χ3n) is 5.92. The predicted molar refractivity (Wildman–Crippen MR) is 110 cm³/mol. The molecule has 2 N–H and O–H groups in total. The van der Waals surface area contributed by atoms with Crippen molar-refractivity contribution in [2.45, 2.75) is 42.2 Å². The number of sulfone groups is 1. The Labute approximate surface area is 184 Å². The van der Waals surface area contributed by atoms with Crippen LogP contribution in [0, 0.1) is 0 Å². The van der Waals surface area contributed by atoms with Crippen LogP contribution in [0.25, 0.3) is 21.8 Å². The molecule has 2 aromatic carbocycles. The van der Waals surface area contributed by atoms with Gasteiger partial charge in [-0.1, -0.05) is 0 Å². The summed E-state index contributed by atoms with van der Waals surface area (Å²) >= 11 is 0. The zero-order valence-corrected chi connectivity index (χ0v) is 18.1. The number of rotatable bonds is 2. The molecule has 0 aliphatic carbocycles. The number of hydrogen-bond donors (Lipinski definition) is 2. The van der Waals surface area contributed by atoms with Gasteiger partial charge in [0.05, 0.1) is 33.7 Å². The van der Waals surface area contributed by atoms with Gasteiger partial charge in [0.1, 0.15) is 0 Å². The zero-order chi connectivity index (χ0) is 24.3. The Kier molecular flexibility index (Phi) is 5.69. The van der Waals surface area contributed by atoms with Gasteiger partial charge >= 0.3 is 12.4 Å². The van der Waals surface area contributed by atoms with Gasteiger partial charge in [-0.15, -0.1) is 0 Å². The second-order valence-electron chi connectivity index (χ2n) is 8.22. The van der Waals surface area contributed by atoms with Gasteiger partial charge in [-0.3, -0.25) is 0 Å². The maximum Gasteiger partial charge on any atom is 0.417 e. The van der Waals surface area contributed by atoms with Crippen LogP contribution in [0.3, 0.4) is 0 Å². The minimum atomic E-state index is -5.05. The Balaban J connectivity index is 2.16. The van der Waals surface area contributed by atoms with Crippen LogP contribution in [0.2, 0.25) is 0 Å². The largest absolute Gasteiger partial charge is 0.417 e. The smallest absolute Gasteiger partial charge is 0.390 e. The topological polar surface area (TPSA) is 71.3 Å². The van der Waals surface area contributed by atoms with Crippen molar-refractivity contribution < 1.29 is 39.9 Å². The molecule has 1 aliphatic rings. The van der Waals surface area contributed by atoms with E-state index in [1.54, 1.807) is 0 Å². The average Bonchev–Trinajstić information content (AvgIpc) is 2.84. The summed E-state index contributed by atoms with van der Waals surface area (Å²) in [5.74, 6) is 0. The summed E-state index contributed by atoms with van der Waals surface area (Å²) in [4.78, 5) is -0.969. The Morgan fingerprint density at radius 1 is 1.00 bits per heavy atom. The van der Waals surface area contributed by atoms with Crippen LogP contribution >= 0.6 is 0 Å². The highest BCUT2D eigenvalue weighted by Crippen LogP contribution is 2.43. The van der Waals surface area contributed by atoms with Gasteiger partial charge in [0.15, 0.2) is 9.84 Å². The molecular formula is C21H20F6N2O3S. The summed E-state index contributed by atoms with van der Waals surface area (Å²) in [5.41, 5.74) is -2.29. The first kappa shape index (κ1) is 23.8. The number of fused-ring (bicyclic) bond motifs is 3. The molecule has 0 bridgehead atoms. The van der Waals surface area contributed by atoms with Crippen LogP contribution in [0.4, 0.5) is 26.3 Å². The van der Waals surface area contributed by atoms with Crippen LogP contribution in [-0.4, -0.2) is 43.5 Å². The molecule has 2 heterocycles. The fourth-order valence-electron chi connectivity index (χ4n) is 4.45. The Hall–Kier alpha value is -2.31. The van der Waals surface area contributed by atoms with Crippen molar-refractivity contribution in [1.29, 1.82) is 0 Å². The van der Waals surface area contributed by atoms with Gasteiger partial charge in [0.25, 0.3) is 0 Å². The number of aliphatic hydroxyl groups excluding tert-OH is 1. The highest BCUT2D eigenvalue weighted by molar-refractivity contribution is 7.90. The molecule has 1 saturated heterocycles. The van der Waals surface area contributed by atoms with Gasteiger partial charge in [-0.2, -0.15) is 26.3 Å². The number of alkyl halides is 6. The van der Waals surface area contributed by atoms with E-state index in [0.717, 1.165) is 24.3 Å². The number of β-amino-alcohol motifs (C(OH)–C–C–N with tert-alkyl or cyclic N) is 1. The highest BCUT2D eigenvalue weighted by Gasteiger charge is 2.38. The van der Waals surface area contributed by atoms with Crippen LogP contribution in [0.1, 0.15) is 30.0 Å². The Morgan fingerprint density at radius 3 is 2.27 bits per heavy atom. The lowest BCUT2D eigenvalue weighted by Crippen LogP contribution is -2.31. The van der Waals surface area contributed by atoms with Crippen molar-refractivity contribution in [2.75, 3.05) is 19.3 Å². The first-order valence-electron chi connectivity index (χ1n) is 10.0. The van der Waals surface area contributed by atoms with Gasteiger partial charge < -0.3 is 15.0 Å². The van der Waals surface area contributed by atoms with E-state index in [4.69, 9.17) is 0 Å². The summed E-state index contributed by atoms with van der Waals surface area (Å²) in [6.07, 6.45) is -9.13. The lowest BCUT2D eigenvalue weighted by Gasteiger charge is -2.24. The third kappa shape index (κ3) is 4.31. The summed E-state index contributed by atoms with van der Waals surface area (Å²) in [7, 11) is -4.33. The van der Waals surface area contributed by atoms with E-state index >= 15 is 0 Å². The molecule has 1 aromatic heterocycles. The third-order valence-corrected chi connectivity index (χ3v) is 7.06. The standard InChI is InChI=1S/C21H20F6N2O3S/c1-33(31,32)19-9-17-13(8-14(19)21(25,26)27)12-7-11(20(22,23)24)4-5-15(12)29(17)16-3-2-6-28-10-18(16)30/h4-5,7-9,16,18,28,30H,2-3,6,10H2,1H3/t16-,18-/m0/s1. The molecule has 0 unspecified atom stereocenters. The summed E-state index contributed by atoms with van der Waals surface area (Å²) in [6.45, 7) is 0.752. The molecule has 0 radical (unpaired) electrons. The fourth-order valence-corrected chi connectivity index (χ4v) is 5.35. The van der Waals surface area contributed by atoms with E-state index in [9.17, 15) is 39.9 Å². The minimum absolute atomic E-state index is 0.0173. The summed E-state index contributed by atoms with van der Waals surface area (Å²) in [5, 5.41) is 13.4. The number of benzene rings is 2. The molecule has 3 aromatic rings. The Bertz CT molecular complexity index is 1330. The zero-order valence-electron chi connectivity index (χ0n) is 17.3. The number of nitrogens with one attached hydrogen (secondary N) is 1. The summed E-state index contributed by atoms with van der Waals surface area (Å²) in [6, 6.07) is 3.49. The van der Waals surface area contributed by atoms with Crippen molar-refractivity contribution in [3.05, 3.63) is 41.5 Å². The fraction of sp³-hybridized carbons (Fsp3) is 0.429. The number of halogens is 6. The van der Waals surface area contributed by atoms with Gasteiger partial charge in [0, 0.05) is 29.1 Å². The molecular weight excluding hydrogens is 474 g/mol. The number of nitrogens with zero attached hydrogens (tertiary/aromatic N) is 1. The molecule has 0 amide bonds. The maximum atomic E-state index is 13.8. The molecule has 33 heavy (non-hydrogen) atoms. The number of aliphatic hydroxyl groups is 1. The van der Waals surface area contributed by atoms with E-state index < -0.39 is 50.4 Å². The number of hydrogen-bond acceptors (Lipinski definition) is 4. The van der Waals surface area contributed by atoms with Gasteiger partial charge in [-0.05, 0) is 49.7 Å². The van der Waals surface area contributed by atoms with Crippen molar-refractivity contribution in [1.82, 2.24) is 9.88 Å². The molecule has 0 saturated carbocycles. The molecule has 0 spiro atoms. The van der Waals surface area contributed by atoms with Crippen molar-refractivity contribution in [3.8, 4) is 0 Å². The van der Waals surface area contributed by atoms with Crippen molar-refractivity contribution in [2.24, 2.45) is 0 Å².